The Morgan fingerprint density at radius 1 is 1.09 bits per heavy atom. The van der Waals surface area contributed by atoms with Gasteiger partial charge >= 0.3 is 11.9 Å². The number of ether oxygens (including phenoxy) is 2. The van der Waals surface area contributed by atoms with E-state index in [9.17, 15) is 19.8 Å². The summed E-state index contributed by atoms with van der Waals surface area (Å²) in [6, 6.07) is 0. The summed E-state index contributed by atoms with van der Waals surface area (Å²) < 4.78 is 10.6. The van der Waals surface area contributed by atoms with Crippen molar-refractivity contribution >= 4 is 11.9 Å². The Bertz CT molecular complexity index is 839. The number of hydrogen-bond acceptors (Lipinski definition) is 6. The molecular formula is C29H46O6. The summed E-state index contributed by atoms with van der Waals surface area (Å²) in [6.07, 6.45) is 6.34. The van der Waals surface area contributed by atoms with E-state index < -0.39 is 12.2 Å². The van der Waals surface area contributed by atoms with Crippen LogP contribution in [0, 0.1) is 46.3 Å². The Hall–Kier alpha value is -1.40. The van der Waals surface area contributed by atoms with Gasteiger partial charge in [-0.15, -0.1) is 0 Å². The van der Waals surface area contributed by atoms with Crippen LogP contribution in [0.5, 0.6) is 0 Å². The highest BCUT2D eigenvalue weighted by Crippen LogP contribution is 2.68. The molecule has 35 heavy (non-hydrogen) atoms. The Labute approximate surface area is 210 Å². The van der Waals surface area contributed by atoms with Crippen molar-refractivity contribution in [2.75, 3.05) is 7.11 Å². The van der Waals surface area contributed by atoms with Crippen molar-refractivity contribution in [2.45, 2.75) is 104 Å². The lowest BCUT2D eigenvalue weighted by atomic mass is 9.43. The summed E-state index contributed by atoms with van der Waals surface area (Å²) in [7, 11) is 1.43. The third-order valence-electron chi connectivity index (χ3n) is 11.2. The van der Waals surface area contributed by atoms with Gasteiger partial charge in [0.05, 0.1) is 19.3 Å². The molecule has 4 aliphatic rings. The first-order chi connectivity index (χ1) is 16.4. The van der Waals surface area contributed by atoms with Crippen molar-refractivity contribution in [1.29, 1.82) is 0 Å². The normalized spacial score (nSPS) is 45.5. The lowest BCUT2D eigenvalue weighted by Gasteiger charge is -2.63. The van der Waals surface area contributed by atoms with Gasteiger partial charge in [0, 0.05) is 12.0 Å². The van der Waals surface area contributed by atoms with Crippen LogP contribution in [0.3, 0.4) is 0 Å². The van der Waals surface area contributed by atoms with Gasteiger partial charge in [-0.1, -0.05) is 27.4 Å². The SMILES string of the molecule is C=C(C)C(=O)O[C@@H]1CC[C@@]2(C)[C@@H](C1)C[C@@H](O)[C@@H]1[C@@H]2C[C@H](O)[C@]2(C)[C@@H]([C@H](C)CCC(=O)OC)CC[C@@H]12. The lowest BCUT2D eigenvalue weighted by Crippen LogP contribution is -2.62. The molecule has 4 rings (SSSR count). The molecule has 0 bridgehead atoms. The Balaban J connectivity index is 1.52. The molecule has 6 nitrogen and oxygen atoms in total. The number of rotatable bonds is 6. The van der Waals surface area contributed by atoms with Gasteiger partial charge in [0.2, 0.25) is 0 Å². The first-order valence-corrected chi connectivity index (χ1v) is 13.7. The van der Waals surface area contributed by atoms with Gasteiger partial charge in [-0.3, -0.25) is 4.79 Å². The molecule has 0 heterocycles. The van der Waals surface area contributed by atoms with E-state index in [1.165, 1.54) is 7.11 Å². The van der Waals surface area contributed by atoms with Crippen molar-refractivity contribution < 1.29 is 29.3 Å². The minimum atomic E-state index is -0.413. The monoisotopic (exact) mass is 490 g/mol. The van der Waals surface area contributed by atoms with Gasteiger partial charge in [0.15, 0.2) is 0 Å². The molecule has 4 fully saturated rings. The summed E-state index contributed by atoms with van der Waals surface area (Å²) in [5.74, 6) is 1.18. The maximum atomic E-state index is 12.1. The number of carbonyl (C=O) groups excluding carboxylic acids is 2. The summed E-state index contributed by atoms with van der Waals surface area (Å²) in [6.45, 7) is 12.2. The van der Waals surface area contributed by atoms with Crippen LogP contribution in [0.25, 0.3) is 0 Å². The van der Waals surface area contributed by atoms with Gasteiger partial charge in [-0.25, -0.2) is 4.79 Å². The van der Waals surface area contributed by atoms with Crippen molar-refractivity contribution in [3.8, 4) is 0 Å². The van der Waals surface area contributed by atoms with Crippen molar-refractivity contribution in [3.05, 3.63) is 12.2 Å². The molecule has 0 aromatic rings. The van der Waals surface area contributed by atoms with Crippen LogP contribution in [-0.2, 0) is 19.1 Å². The van der Waals surface area contributed by atoms with E-state index >= 15 is 0 Å². The molecule has 0 aromatic carbocycles. The molecule has 6 heteroatoms. The molecule has 0 radical (unpaired) electrons. The maximum absolute atomic E-state index is 12.1. The molecule has 0 amide bonds. The fourth-order valence-electron chi connectivity index (χ4n) is 9.12. The van der Waals surface area contributed by atoms with Crippen LogP contribution in [0.2, 0.25) is 0 Å². The molecular weight excluding hydrogens is 444 g/mol. The summed E-state index contributed by atoms with van der Waals surface area (Å²) in [5.41, 5.74) is 0.218. The number of aliphatic hydroxyl groups is 2. The molecule has 0 aromatic heterocycles. The number of fused-ring (bicyclic) bond motifs is 5. The molecule has 0 spiro atoms. The number of aliphatic hydroxyl groups excluding tert-OH is 2. The molecule has 0 unspecified atom stereocenters. The molecule has 4 aliphatic carbocycles. The van der Waals surface area contributed by atoms with Crippen molar-refractivity contribution in [2.24, 2.45) is 46.3 Å². The van der Waals surface area contributed by atoms with Crippen LogP contribution in [0.1, 0.15) is 85.5 Å². The highest BCUT2D eigenvalue weighted by atomic mass is 16.5. The average Bonchev–Trinajstić information content (AvgIpc) is 3.17. The number of esters is 2. The second kappa shape index (κ2) is 9.81. The van der Waals surface area contributed by atoms with Crippen LogP contribution in [-0.4, -0.2) is 47.6 Å². The van der Waals surface area contributed by atoms with Gasteiger partial charge in [0.25, 0.3) is 0 Å². The molecule has 11 atom stereocenters. The Morgan fingerprint density at radius 3 is 2.46 bits per heavy atom. The zero-order chi connectivity index (χ0) is 25.7. The quantitative estimate of drug-likeness (QED) is 0.415. The first kappa shape index (κ1) is 26.7. The van der Waals surface area contributed by atoms with Crippen LogP contribution in [0.4, 0.5) is 0 Å². The second-order valence-electron chi connectivity index (χ2n) is 12.8. The van der Waals surface area contributed by atoms with E-state index in [1.54, 1.807) is 6.92 Å². The van der Waals surface area contributed by atoms with E-state index in [2.05, 4.69) is 27.4 Å². The summed E-state index contributed by atoms with van der Waals surface area (Å²) >= 11 is 0. The van der Waals surface area contributed by atoms with Crippen molar-refractivity contribution in [3.63, 3.8) is 0 Å². The largest absolute Gasteiger partial charge is 0.469 e. The van der Waals surface area contributed by atoms with E-state index in [-0.39, 0.29) is 52.5 Å². The zero-order valence-electron chi connectivity index (χ0n) is 22.3. The topological polar surface area (TPSA) is 93.1 Å². The standard InChI is InChI=1S/C29H46O6/c1-16(2)27(33)35-19-11-12-28(4)18(13-19)14-23(30)26-21-9-8-20(17(3)7-10-25(32)34-6)29(21,5)24(31)15-22(26)28/h17-24,26,30-31H,1,7-15H2,2-6H3/t17-,18+,19-,20-,21+,22+,23-,24+,26+,28+,29-/m1/s1. The maximum Gasteiger partial charge on any atom is 0.333 e. The predicted octanol–water partition coefficient (Wildman–Crippen LogP) is 4.66. The van der Waals surface area contributed by atoms with Crippen molar-refractivity contribution in [1.82, 2.24) is 0 Å². The summed E-state index contributed by atoms with van der Waals surface area (Å²) in [5, 5.41) is 23.2. The van der Waals surface area contributed by atoms with Gasteiger partial charge < -0.3 is 19.7 Å². The molecule has 0 aliphatic heterocycles. The molecule has 0 saturated heterocycles. The number of methoxy groups -OCH3 is 1. The zero-order valence-corrected chi connectivity index (χ0v) is 22.3. The van der Waals surface area contributed by atoms with E-state index in [1.807, 2.05) is 0 Å². The van der Waals surface area contributed by atoms with E-state index in [0.29, 0.717) is 23.8 Å². The highest BCUT2D eigenvalue weighted by Gasteiger charge is 2.65. The van der Waals surface area contributed by atoms with Crippen LogP contribution >= 0.6 is 0 Å². The second-order valence-corrected chi connectivity index (χ2v) is 12.8. The fourth-order valence-corrected chi connectivity index (χ4v) is 9.12. The van der Waals surface area contributed by atoms with Gasteiger partial charge in [0.1, 0.15) is 6.10 Å². The van der Waals surface area contributed by atoms with Gasteiger partial charge in [-0.2, -0.15) is 0 Å². The van der Waals surface area contributed by atoms with Crippen LogP contribution in [0.15, 0.2) is 12.2 Å². The smallest absolute Gasteiger partial charge is 0.333 e. The van der Waals surface area contributed by atoms with E-state index in [0.717, 1.165) is 51.4 Å². The Morgan fingerprint density at radius 2 is 1.80 bits per heavy atom. The molecule has 2 N–H and O–H groups in total. The number of hydrogen-bond donors (Lipinski definition) is 2. The molecule has 198 valence electrons. The van der Waals surface area contributed by atoms with E-state index in [4.69, 9.17) is 9.47 Å². The van der Waals surface area contributed by atoms with Gasteiger partial charge in [-0.05, 0) is 105 Å². The third kappa shape index (κ3) is 4.47. The minimum absolute atomic E-state index is 0.0346. The molecule has 4 saturated carbocycles. The third-order valence-corrected chi connectivity index (χ3v) is 11.2. The number of carbonyl (C=O) groups is 2. The Kier molecular flexibility index (Phi) is 7.47. The summed E-state index contributed by atoms with van der Waals surface area (Å²) in [4.78, 5) is 23.8. The first-order valence-electron chi connectivity index (χ1n) is 13.7. The predicted molar refractivity (Wildman–Crippen MR) is 133 cm³/mol. The fraction of sp³-hybridized carbons (Fsp3) is 0.862. The highest BCUT2D eigenvalue weighted by molar-refractivity contribution is 5.87. The minimum Gasteiger partial charge on any atom is -0.469 e. The van der Waals surface area contributed by atoms with Crippen LogP contribution < -0.4 is 0 Å². The lowest BCUT2D eigenvalue weighted by molar-refractivity contribution is -0.209. The average molecular weight is 491 g/mol.